The highest BCUT2D eigenvalue weighted by atomic mass is 16.5. The van der Waals surface area contributed by atoms with E-state index in [0.717, 1.165) is 28.9 Å². The third kappa shape index (κ3) is 4.16. The second-order valence-electron chi connectivity index (χ2n) is 4.64. The Balaban J connectivity index is 3.10. The molecule has 5 nitrogen and oxygen atoms in total. The number of rotatable bonds is 7. The molecule has 1 atom stereocenters. The minimum Gasteiger partial charge on any atom is -0.496 e. The molecule has 104 valence electrons. The SMILES string of the molecule is COc1c(C)cc(C)cc1C(CCCCO)N=[N+]=[N-]. The molecule has 0 saturated heterocycles. The number of unbranched alkanes of at least 4 members (excludes halogenated alkanes) is 1. The molecule has 0 radical (unpaired) electrons. The van der Waals surface area contributed by atoms with Crippen LogP contribution in [0, 0.1) is 13.8 Å². The van der Waals surface area contributed by atoms with Gasteiger partial charge in [-0.2, -0.15) is 0 Å². The molecule has 1 aromatic carbocycles. The van der Waals surface area contributed by atoms with Gasteiger partial charge in [-0.25, -0.2) is 0 Å². The van der Waals surface area contributed by atoms with Crippen LogP contribution < -0.4 is 4.74 Å². The molecule has 1 unspecified atom stereocenters. The molecule has 1 aromatic rings. The van der Waals surface area contributed by atoms with E-state index in [-0.39, 0.29) is 12.6 Å². The number of hydrogen-bond acceptors (Lipinski definition) is 3. The van der Waals surface area contributed by atoms with E-state index in [1.807, 2.05) is 26.0 Å². The van der Waals surface area contributed by atoms with Gasteiger partial charge in [-0.15, -0.1) is 0 Å². The molecule has 0 saturated carbocycles. The predicted molar refractivity (Wildman–Crippen MR) is 75.3 cm³/mol. The number of aryl methyl sites for hydroxylation is 2. The van der Waals surface area contributed by atoms with Crippen LogP contribution in [-0.4, -0.2) is 18.8 Å². The first-order valence-corrected chi connectivity index (χ1v) is 6.44. The molecule has 0 spiro atoms. The Bertz CT molecular complexity index is 468. The van der Waals surface area contributed by atoms with E-state index < -0.39 is 0 Å². The van der Waals surface area contributed by atoms with Gasteiger partial charge in [0.2, 0.25) is 0 Å². The van der Waals surface area contributed by atoms with Gasteiger partial charge in [0, 0.05) is 17.1 Å². The highest BCUT2D eigenvalue weighted by molar-refractivity contribution is 5.45. The summed E-state index contributed by atoms with van der Waals surface area (Å²) in [6.07, 6.45) is 2.24. The molecule has 1 N–H and O–H groups in total. The lowest BCUT2D eigenvalue weighted by Crippen LogP contribution is -2.02. The number of benzene rings is 1. The topological polar surface area (TPSA) is 78.2 Å². The summed E-state index contributed by atoms with van der Waals surface area (Å²) in [4.78, 5) is 2.93. The summed E-state index contributed by atoms with van der Waals surface area (Å²) in [6.45, 7) is 4.15. The summed E-state index contributed by atoms with van der Waals surface area (Å²) in [5.74, 6) is 0.784. The summed E-state index contributed by atoms with van der Waals surface area (Å²) in [5.41, 5.74) is 11.8. The van der Waals surface area contributed by atoms with Gasteiger partial charge in [-0.05, 0) is 37.8 Å². The number of hydrogen-bond donors (Lipinski definition) is 1. The van der Waals surface area contributed by atoms with Crippen molar-refractivity contribution < 1.29 is 9.84 Å². The first-order valence-electron chi connectivity index (χ1n) is 6.44. The summed E-state index contributed by atoms with van der Waals surface area (Å²) in [6, 6.07) is 3.80. The highest BCUT2D eigenvalue weighted by Crippen LogP contribution is 2.35. The van der Waals surface area contributed by atoms with Crippen LogP contribution in [0.3, 0.4) is 0 Å². The zero-order valence-corrected chi connectivity index (χ0v) is 11.8. The Labute approximate surface area is 113 Å². The maximum Gasteiger partial charge on any atom is 0.125 e. The first-order chi connectivity index (χ1) is 9.13. The fourth-order valence-electron chi connectivity index (χ4n) is 2.30. The van der Waals surface area contributed by atoms with Gasteiger partial charge in [0.1, 0.15) is 5.75 Å². The smallest absolute Gasteiger partial charge is 0.125 e. The minimum atomic E-state index is -0.245. The van der Waals surface area contributed by atoms with Gasteiger partial charge < -0.3 is 9.84 Å². The summed E-state index contributed by atoms with van der Waals surface area (Å²) < 4.78 is 5.43. The zero-order chi connectivity index (χ0) is 14.3. The Morgan fingerprint density at radius 2 is 2.11 bits per heavy atom. The minimum absolute atomic E-state index is 0.160. The zero-order valence-electron chi connectivity index (χ0n) is 11.8. The number of aliphatic hydroxyl groups excluding tert-OH is 1. The molecule has 0 amide bonds. The van der Waals surface area contributed by atoms with E-state index in [4.69, 9.17) is 15.4 Å². The van der Waals surface area contributed by atoms with Gasteiger partial charge in [0.05, 0.1) is 13.2 Å². The first kappa shape index (κ1) is 15.3. The normalized spacial score (nSPS) is 11.8. The molecular weight excluding hydrogens is 242 g/mol. The lowest BCUT2D eigenvalue weighted by atomic mass is 9.96. The van der Waals surface area contributed by atoms with Crippen LogP contribution in [0.2, 0.25) is 0 Å². The lowest BCUT2D eigenvalue weighted by Gasteiger charge is -2.18. The Hall–Kier alpha value is -1.71. The molecule has 5 heteroatoms. The van der Waals surface area contributed by atoms with Gasteiger partial charge in [-0.3, -0.25) is 0 Å². The van der Waals surface area contributed by atoms with Crippen molar-refractivity contribution in [2.24, 2.45) is 5.11 Å². The standard InChI is InChI=1S/C14H21N3O2/c1-10-8-11(2)14(19-3)12(9-10)13(16-17-15)6-4-5-7-18/h8-9,13,18H,4-7H2,1-3H3. The third-order valence-electron chi connectivity index (χ3n) is 3.09. The van der Waals surface area contributed by atoms with Crippen molar-refractivity contribution >= 4 is 0 Å². The number of ether oxygens (including phenoxy) is 1. The Morgan fingerprint density at radius 1 is 1.37 bits per heavy atom. The fourth-order valence-corrected chi connectivity index (χ4v) is 2.30. The van der Waals surface area contributed by atoms with E-state index in [2.05, 4.69) is 10.0 Å². The van der Waals surface area contributed by atoms with Crippen LogP contribution in [0.1, 0.15) is 42.0 Å². The quantitative estimate of drug-likeness (QED) is 0.351. The van der Waals surface area contributed by atoms with Crippen LogP contribution in [0.5, 0.6) is 5.75 Å². The second-order valence-corrected chi connectivity index (χ2v) is 4.64. The fraction of sp³-hybridized carbons (Fsp3) is 0.571. The van der Waals surface area contributed by atoms with Crippen molar-refractivity contribution in [3.8, 4) is 5.75 Å². The summed E-state index contributed by atoms with van der Waals surface area (Å²) in [5, 5.41) is 12.7. The molecule has 0 aromatic heterocycles. The van der Waals surface area contributed by atoms with Crippen LogP contribution in [-0.2, 0) is 0 Å². The molecule has 0 heterocycles. The van der Waals surface area contributed by atoms with Crippen LogP contribution >= 0.6 is 0 Å². The molecule has 0 bridgehead atoms. The van der Waals surface area contributed by atoms with Crippen LogP contribution in [0.4, 0.5) is 0 Å². The van der Waals surface area contributed by atoms with E-state index >= 15 is 0 Å². The van der Waals surface area contributed by atoms with Gasteiger partial charge >= 0.3 is 0 Å². The maximum atomic E-state index is 8.84. The predicted octanol–water partition coefficient (Wildman–Crippen LogP) is 3.83. The number of methoxy groups -OCH3 is 1. The van der Waals surface area contributed by atoms with Crippen molar-refractivity contribution in [2.45, 2.75) is 39.2 Å². The van der Waals surface area contributed by atoms with Crippen molar-refractivity contribution in [1.29, 1.82) is 0 Å². The molecule has 1 rings (SSSR count). The molecular formula is C14H21N3O2. The van der Waals surface area contributed by atoms with Crippen LogP contribution in [0.25, 0.3) is 10.4 Å². The Kier molecular flexibility index (Phi) is 6.19. The van der Waals surface area contributed by atoms with Crippen molar-refractivity contribution in [2.75, 3.05) is 13.7 Å². The number of aliphatic hydroxyl groups is 1. The largest absolute Gasteiger partial charge is 0.496 e. The summed E-state index contributed by atoms with van der Waals surface area (Å²) in [7, 11) is 1.63. The molecule has 0 aliphatic carbocycles. The van der Waals surface area contributed by atoms with Crippen LogP contribution in [0.15, 0.2) is 17.2 Å². The third-order valence-corrected chi connectivity index (χ3v) is 3.09. The van der Waals surface area contributed by atoms with E-state index in [9.17, 15) is 0 Å². The molecule has 0 fully saturated rings. The highest BCUT2D eigenvalue weighted by Gasteiger charge is 2.16. The molecule has 0 aliphatic rings. The molecule has 19 heavy (non-hydrogen) atoms. The second kappa shape index (κ2) is 7.67. The van der Waals surface area contributed by atoms with Gasteiger partial charge in [-0.1, -0.05) is 29.2 Å². The lowest BCUT2D eigenvalue weighted by molar-refractivity contribution is 0.281. The van der Waals surface area contributed by atoms with E-state index in [1.165, 1.54) is 0 Å². The monoisotopic (exact) mass is 263 g/mol. The van der Waals surface area contributed by atoms with Crippen molar-refractivity contribution in [3.63, 3.8) is 0 Å². The average Bonchev–Trinajstić information content (AvgIpc) is 2.37. The van der Waals surface area contributed by atoms with Crippen molar-refractivity contribution in [3.05, 3.63) is 39.3 Å². The molecule has 0 aliphatic heterocycles. The number of nitrogens with zero attached hydrogens (tertiary/aromatic N) is 3. The summed E-state index contributed by atoms with van der Waals surface area (Å²) >= 11 is 0. The van der Waals surface area contributed by atoms with Crippen molar-refractivity contribution in [1.82, 2.24) is 0 Å². The van der Waals surface area contributed by atoms with Gasteiger partial charge in [0.25, 0.3) is 0 Å². The maximum absolute atomic E-state index is 8.84. The van der Waals surface area contributed by atoms with E-state index in [0.29, 0.717) is 12.8 Å². The Morgan fingerprint density at radius 3 is 2.68 bits per heavy atom. The average molecular weight is 263 g/mol. The number of azide groups is 1. The van der Waals surface area contributed by atoms with E-state index in [1.54, 1.807) is 7.11 Å². The van der Waals surface area contributed by atoms with Gasteiger partial charge in [0.15, 0.2) is 0 Å².